The maximum Gasteiger partial charge on any atom is 0.280 e. The molecular weight excluding hydrogens is 310 g/mol. The van der Waals surface area contributed by atoms with Crippen LogP contribution in [0.3, 0.4) is 0 Å². The van der Waals surface area contributed by atoms with E-state index in [2.05, 4.69) is 20.9 Å². The summed E-state index contributed by atoms with van der Waals surface area (Å²) in [6.07, 6.45) is 0. The van der Waals surface area contributed by atoms with Gasteiger partial charge in [0, 0.05) is 10.9 Å². The Kier molecular flexibility index (Phi) is 3.71. The Morgan fingerprint density at radius 2 is 1.95 bits per heavy atom. The Labute approximate surface area is 118 Å². The third-order valence-electron chi connectivity index (χ3n) is 2.64. The number of guanidine groups is 1. The molecule has 0 heterocycles. The highest BCUT2D eigenvalue weighted by Crippen LogP contribution is 2.34. The highest BCUT2D eigenvalue weighted by Gasteiger charge is 2.12. The van der Waals surface area contributed by atoms with Crippen LogP contribution in [0.1, 0.15) is 10.4 Å². The van der Waals surface area contributed by atoms with Gasteiger partial charge in [-0.1, -0.05) is 12.1 Å². The quantitative estimate of drug-likeness (QED) is 0.654. The van der Waals surface area contributed by atoms with Crippen LogP contribution >= 0.6 is 15.9 Å². The van der Waals surface area contributed by atoms with E-state index >= 15 is 0 Å². The van der Waals surface area contributed by atoms with E-state index in [1.807, 2.05) is 6.07 Å². The topological polar surface area (TPSA) is 90.7 Å². The first-order chi connectivity index (χ1) is 9.04. The molecule has 5 nitrogen and oxygen atoms in total. The van der Waals surface area contributed by atoms with E-state index in [1.165, 1.54) is 0 Å². The second-order valence-corrected chi connectivity index (χ2v) is 4.62. The smallest absolute Gasteiger partial charge is 0.280 e. The normalized spacial score (nSPS) is 10.2. The highest BCUT2D eigenvalue weighted by molar-refractivity contribution is 9.10. The number of halogens is 1. The van der Waals surface area contributed by atoms with Crippen LogP contribution in [0.4, 0.5) is 0 Å². The van der Waals surface area contributed by atoms with Crippen LogP contribution in [-0.4, -0.2) is 19.0 Å². The summed E-state index contributed by atoms with van der Waals surface area (Å²) < 4.78 is 6.00. The molecule has 98 valence electrons. The number of carbonyl (C=O) groups excluding carboxylic acids is 1. The van der Waals surface area contributed by atoms with Crippen molar-refractivity contribution in [3.8, 4) is 5.75 Å². The van der Waals surface area contributed by atoms with Crippen LogP contribution in [-0.2, 0) is 0 Å². The minimum atomic E-state index is -0.470. The van der Waals surface area contributed by atoms with Crippen molar-refractivity contribution in [1.29, 1.82) is 0 Å². The summed E-state index contributed by atoms with van der Waals surface area (Å²) in [4.78, 5) is 15.5. The van der Waals surface area contributed by atoms with E-state index in [1.54, 1.807) is 31.4 Å². The van der Waals surface area contributed by atoms with Crippen molar-refractivity contribution in [2.75, 3.05) is 7.11 Å². The van der Waals surface area contributed by atoms with Crippen molar-refractivity contribution in [3.63, 3.8) is 0 Å². The molecule has 0 fully saturated rings. The molecule has 0 unspecified atom stereocenters. The second kappa shape index (κ2) is 5.27. The molecule has 0 saturated carbocycles. The lowest BCUT2D eigenvalue weighted by Crippen LogP contribution is -2.24. The molecule has 0 aromatic heterocycles. The summed E-state index contributed by atoms with van der Waals surface area (Å²) in [5, 5.41) is 1.61. The summed E-state index contributed by atoms with van der Waals surface area (Å²) in [5.74, 6) is -0.0313. The Balaban J connectivity index is 2.68. The maximum atomic E-state index is 11.9. The fraction of sp³-hybridized carbons (Fsp3) is 0.0769. The van der Waals surface area contributed by atoms with Gasteiger partial charge in [0.1, 0.15) is 5.75 Å². The van der Waals surface area contributed by atoms with E-state index < -0.39 is 5.91 Å². The average Bonchev–Trinajstić information content (AvgIpc) is 2.38. The summed E-state index contributed by atoms with van der Waals surface area (Å²) in [5.41, 5.74) is 10.9. The zero-order chi connectivity index (χ0) is 14.0. The Hall–Kier alpha value is -2.08. The van der Waals surface area contributed by atoms with Crippen molar-refractivity contribution in [2.24, 2.45) is 16.5 Å². The van der Waals surface area contributed by atoms with E-state index in [0.717, 1.165) is 15.2 Å². The molecule has 1 amide bonds. The van der Waals surface area contributed by atoms with Gasteiger partial charge in [-0.05, 0) is 39.5 Å². The SMILES string of the molecule is COc1ccc2c(C(=O)N=C(N)N)cccc2c1Br. The van der Waals surface area contributed by atoms with Crippen molar-refractivity contribution in [3.05, 3.63) is 40.4 Å². The van der Waals surface area contributed by atoms with E-state index in [9.17, 15) is 4.79 Å². The van der Waals surface area contributed by atoms with Gasteiger partial charge in [0.25, 0.3) is 5.91 Å². The summed E-state index contributed by atoms with van der Waals surface area (Å²) >= 11 is 3.45. The zero-order valence-electron chi connectivity index (χ0n) is 10.2. The Bertz CT molecular complexity index is 679. The van der Waals surface area contributed by atoms with Gasteiger partial charge in [-0.25, -0.2) is 0 Å². The monoisotopic (exact) mass is 321 g/mol. The van der Waals surface area contributed by atoms with Gasteiger partial charge < -0.3 is 16.2 Å². The van der Waals surface area contributed by atoms with Crippen LogP contribution in [0.15, 0.2) is 39.8 Å². The molecule has 0 radical (unpaired) electrons. The average molecular weight is 322 g/mol. The number of hydrogen-bond donors (Lipinski definition) is 2. The van der Waals surface area contributed by atoms with Crippen molar-refractivity contribution >= 4 is 38.6 Å². The number of methoxy groups -OCH3 is 1. The number of benzene rings is 2. The van der Waals surface area contributed by atoms with Crippen molar-refractivity contribution in [2.45, 2.75) is 0 Å². The lowest BCUT2D eigenvalue weighted by atomic mass is 10.0. The molecule has 0 aliphatic carbocycles. The number of nitrogens with zero attached hydrogens (tertiary/aromatic N) is 1. The molecule has 0 atom stereocenters. The minimum Gasteiger partial charge on any atom is -0.496 e. The Morgan fingerprint density at radius 3 is 2.58 bits per heavy atom. The van der Waals surface area contributed by atoms with E-state index in [-0.39, 0.29) is 5.96 Å². The third-order valence-corrected chi connectivity index (χ3v) is 3.46. The maximum absolute atomic E-state index is 11.9. The van der Waals surface area contributed by atoms with E-state index in [4.69, 9.17) is 16.2 Å². The molecule has 0 spiro atoms. The van der Waals surface area contributed by atoms with Crippen LogP contribution in [0.5, 0.6) is 5.75 Å². The molecule has 2 aromatic carbocycles. The van der Waals surface area contributed by atoms with Crippen LogP contribution in [0.25, 0.3) is 10.8 Å². The molecule has 6 heteroatoms. The predicted octanol–water partition coefficient (Wildman–Crippen LogP) is 2.02. The zero-order valence-corrected chi connectivity index (χ0v) is 11.8. The minimum absolute atomic E-state index is 0.255. The third kappa shape index (κ3) is 2.53. The van der Waals surface area contributed by atoms with Gasteiger partial charge in [-0.3, -0.25) is 4.79 Å². The molecule has 2 aromatic rings. The molecule has 0 aliphatic heterocycles. The Morgan fingerprint density at radius 1 is 1.21 bits per heavy atom. The molecular formula is C13H12BrN3O2. The second-order valence-electron chi connectivity index (χ2n) is 3.82. The first-order valence-electron chi connectivity index (χ1n) is 5.43. The number of rotatable bonds is 2. The number of hydrogen-bond acceptors (Lipinski definition) is 2. The van der Waals surface area contributed by atoms with Gasteiger partial charge in [0.15, 0.2) is 5.96 Å². The molecule has 0 aliphatic rings. The number of aliphatic imine (C=N–C) groups is 1. The lowest BCUT2D eigenvalue weighted by molar-refractivity contribution is 0.100. The number of carbonyl (C=O) groups is 1. The largest absolute Gasteiger partial charge is 0.496 e. The first kappa shape index (κ1) is 13.4. The number of nitrogens with two attached hydrogens (primary N) is 2. The fourth-order valence-electron chi connectivity index (χ4n) is 1.82. The fourth-order valence-corrected chi connectivity index (χ4v) is 2.46. The summed E-state index contributed by atoms with van der Waals surface area (Å²) in [7, 11) is 1.58. The number of amides is 1. The lowest BCUT2D eigenvalue weighted by Gasteiger charge is -2.09. The highest BCUT2D eigenvalue weighted by atomic mass is 79.9. The van der Waals surface area contributed by atoms with Gasteiger partial charge in [-0.2, -0.15) is 4.99 Å². The van der Waals surface area contributed by atoms with Crippen LogP contribution < -0.4 is 16.2 Å². The van der Waals surface area contributed by atoms with Gasteiger partial charge in [0.2, 0.25) is 0 Å². The summed E-state index contributed by atoms with van der Waals surface area (Å²) in [6, 6.07) is 8.90. The number of fused-ring (bicyclic) bond motifs is 1. The molecule has 0 bridgehead atoms. The molecule has 4 N–H and O–H groups in total. The molecule has 2 rings (SSSR count). The van der Waals surface area contributed by atoms with Gasteiger partial charge >= 0.3 is 0 Å². The molecule has 0 saturated heterocycles. The standard InChI is InChI=1S/C13H12BrN3O2/c1-19-10-6-5-7-8(11(10)14)3-2-4-9(7)12(18)17-13(15)16/h2-6H,1H3,(H4,15,16,17,18). The van der Waals surface area contributed by atoms with E-state index in [0.29, 0.717) is 11.3 Å². The van der Waals surface area contributed by atoms with Crippen molar-refractivity contribution in [1.82, 2.24) is 0 Å². The van der Waals surface area contributed by atoms with Crippen LogP contribution in [0.2, 0.25) is 0 Å². The van der Waals surface area contributed by atoms with Crippen LogP contribution in [0, 0.1) is 0 Å². The van der Waals surface area contributed by atoms with Crippen molar-refractivity contribution < 1.29 is 9.53 Å². The van der Waals surface area contributed by atoms with Gasteiger partial charge in [0.05, 0.1) is 11.6 Å². The summed E-state index contributed by atoms with van der Waals surface area (Å²) in [6.45, 7) is 0. The van der Waals surface area contributed by atoms with Gasteiger partial charge in [-0.15, -0.1) is 0 Å². The first-order valence-corrected chi connectivity index (χ1v) is 6.23. The molecule has 19 heavy (non-hydrogen) atoms. The predicted molar refractivity (Wildman–Crippen MR) is 78.3 cm³/mol. The number of ether oxygens (including phenoxy) is 1.